The Bertz CT molecular complexity index is 1130. The van der Waals surface area contributed by atoms with E-state index in [1.807, 2.05) is 12.1 Å². The lowest BCUT2D eigenvalue weighted by atomic mass is 10.0. The molecule has 0 amide bonds. The molecule has 0 spiro atoms. The molecule has 0 aliphatic carbocycles. The Labute approximate surface area is 184 Å². The molecule has 1 atom stereocenters. The summed E-state index contributed by atoms with van der Waals surface area (Å²) in [5, 5.41) is 10.9. The lowest BCUT2D eigenvalue weighted by molar-refractivity contribution is -0.389. The number of ether oxygens (including phenoxy) is 3. The minimum absolute atomic E-state index is 0.125. The maximum atomic E-state index is 12.3. The summed E-state index contributed by atoms with van der Waals surface area (Å²) in [6.45, 7) is 0.858. The normalized spacial score (nSPS) is 15.7. The lowest BCUT2D eigenvalue weighted by Gasteiger charge is -2.22. The van der Waals surface area contributed by atoms with Gasteiger partial charge in [0.25, 0.3) is 0 Å². The first-order valence-electron chi connectivity index (χ1n) is 9.28. The monoisotopic (exact) mass is 469 g/mol. The van der Waals surface area contributed by atoms with Crippen molar-refractivity contribution in [2.24, 2.45) is 0 Å². The van der Waals surface area contributed by atoms with Gasteiger partial charge in [-0.3, -0.25) is 4.57 Å². The zero-order chi connectivity index (χ0) is 22.9. The summed E-state index contributed by atoms with van der Waals surface area (Å²) in [7, 11) is 0. The molecule has 2 aromatic carbocycles. The molecular formula is C20H15ClF3N3O5. The van der Waals surface area contributed by atoms with Gasteiger partial charge in [0.1, 0.15) is 24.7 Å². The SMILES string of the molecule is O=[N+]([O-])c1cn2c(n1)OC[C@@H](OCc1ccc(-c3ccc(OC(F)(F)F)cc3Cl)cc1)C2. The zero-order valence-corrected chi connectivity index (χ0v) is 17.0. The van der Waals surface area contributed by atoms with Crippen LogP contribution in [0.2, 0.25) is 5.02 Å². The van der Waals surface area contributed by atoms with Gasteiger partial charge >= 0.3 is 18.2 Å². The number of hydrogen-bond donors (Lipinski definition) is 0. The third-order valence-corrected chi connectivity index (χ3v) is 4.95. The molecule has 0 bridgehead atoms. The summed E-state index contributed by atoms with van der Waals surface area (Å²) < 4.78 is 53.7. The van der Waals surface area contributed by atoms with Crippen molar-refractivity contribution in [1.82, 2.24) is 9.55 Å². The molecule has 0 radical (unpaired) electrons. The van der Waals surface area contributed by atoms with Crippen LogP contribution in [0, 0.1) is 10.1 Å². The summed E-state index contributed by atoms with van der Waals surface area (Å²) in [4.78, 5) is 14.0. The fourth-order valence-corrected chi connectivity index (χ4v) is 3.46. The van der Waals surface area contributed by atoms with Crippen LogP contribution in [0.1, 0.15) is 5.56 Å². The van der Waals surface area contributed by atoms with Crippen molar-refractivity contribution in [2.75, 3.05) is 6.61 Å². The van der Waals surface area contributed by atoms with E-state index in [-0.39, 0.29) is 36.2 Å². The smallest absolute Gasteiger partial charge is 0.443 e. The maximum absolute atomic E-state index is 12.3. The van der Waals surface area contributed by atoms with Gasteiger partial charge in [-0.05, 0) is 34.2 Å². The van der Waals surface area contributed by atoms with Gasteiger partial charge in [-0.2, -0.15) is 0 Å². The highest BCUT2D eigenvalue weighted by molar-refractivity contribution is 6.33. The van der Waals surface area contributed by atoms with Gasteiger partial charge in [0.15, 0.2) is 0 Å². The minimum Gasteiger partial charge on any atom is -0.443 e. The summed E-state index contributed by atoms with van der Waals surface area (Å²) in [5.41, 5.74) is 2.13. The Hall–Kier alpha value is -3.31. The van der Waals surface area contributed by atoms with Crippen molar-refractivity contribution in [3.05, 3.63) is 69.4 Å². The molecule has 12 heteroatoms. The molecule has 168 valence electrons. The summed E-state index contributed by atoms with van der Waals surface area (Å²) in [5.74, 6) is -0.676. The van der Waals surface area contributed by atoms with Gasteiger partial charge in [-0.25, -0.2) is 0 Å². The number of fused-ring (bicyclic) bond motifs is 1. The molecule has 1 aliphatic heterocycles. The molecular weight excluding hydrogens is 455 g/mol. The van der Waals surface area contributed by atoms with Gasteiger partial charge in [-0.1, -0.05) is 35.9 Å². The Morgan fingerprint density at radius 2 is 2.00 bits per heavy atom. The van der Waals surface area contributed by atoms with E-state index < -0.39 is 17.0 Å². The average Bonchev–Trinajstić information content (AvgIpc) is 3.16. The summed E-state index contributed by atoms with van der Waals surface area (Å²) >= 11 is 6.12. The standard InChI is InChI=1S/C20H15ClF3N3O5/c21-17-7-14(32-20(22,23)24)5-6-16(17)13-3-1-12(2-4-13)10-30-15-8-26-9-18(27(28)29)25-19(26)31-11-15/h1-7,9,15H,8,10-11H2/t15-/m0/s1. The van der Waals surface area contributed by atoms with Crippen LogP contribution in [0.25, 0.3) is 11.1 Å². The van der Waals surface area contributed by atoms with Crippen molar-refractivity contribution in [3.8, 4) is 22.9 Å². The van der Waals surface area contributed by atoms with E-state index in [2.05, 4.69) is 9.72 Å². The van der Waals surface area contributed by atoms with E-state index in [9.17, 15) is 23.3 Å². The molecule has 8 nitrogen and oxygen atoms in total. The first kappa shape index (κ1) is 21.9. The number of nitrogens with zero attached hydrogens (tertiary/aromatic N) is 3. The van der Waals surface area contributed by atoms with E-state index in [1.165, 1.54) is 22.9 Å². The highest BCUT2D eigenvalue weighted by atomic mass is 35.5. The van der Waals surface area contributed by atoms with Crippen LogP contribution in [0.15, 0.2) is 48.7 Å². The van der Waals surface area contributed by atoms with Crippen molar-refractivity contribution >= 4 is 17.4 Å². The average molecular weight is 470 g/mol. The molecule has 1 aliphatic rings. The Balaban J connectivity index is 1.37. The predicted octanol–water partition coefficient (Wildman–Crippen LogP) is 4.99. The quantitative estimate of drug-likeness (QED) is 0.373. The molecule has 0 fully saturated rings. The first-order chi connectivity index (χ1) is 15.2. The summed E-state index contributed by atoms with van der Waals surface area (Å²) in [6.07, 6.45) is -3.80. The van der Waals surface area contributed by atoms with E-state index >= 15 is 0 Å². The van der Waals surface area contributed by atoms with Crippen molar-refractivity contribution in [1.29, 1.82) is 0 Å². The third-order valence-electron chi connectivity index (χ3n) is 4.64. The van der Waals surface area contributed by atoms with E-state index in [1.54, 1.807) is 12.1 Å². The van der Waals surface area contributed by atoms with Gasteiger partial charge in [-0.15, -0.1) is 13.2 Å². The summed E-state index contributed by atoms with van der Waals surface area (Å²) in [6, 6.07) is 11.1. The largest absolute Gasteiger partial charge is 0.573 e. The molecule has 0 saturated carbocycles. The second kappa shape index (κ2) is 8.67. The Morgan fingerprint density at radius 3 is 2.66 bits per heavy atom. The van der Waals surface area contributed by atoms with Crippen LogP contribution < -0.4 is 9.47 Å². The minimum atomic E-state index is -4.79. The molecule has 1 aromatic heterocycles. The molecule has 0 unspecified atom stereocenters. The fraction of sp³-hybridized carbons (Fsp3) is 0.250. The number of hydrogen-bond acceptors (Lipinski definition) is 6. The molecule has 0 saturated heterocycles. The number of nitro groups is 1. The molecule has 32 heavy (non-hydrogen) atoms. The number of benzene rings is 2. The molecule has 4 rings (SSSR count). The second-order valence-electron chi connectivity index (χ2n) is 6.92. The first-order valence-corrected chi connectivity index (χ1v) is 9.66. The highest BCUT2D eigenvalue weighted by Gasteiger charge is 2.31. The third kappa shape index (κ3) is 5.11. The zero-order valence-electron chi connectivity index (χ0n) is 16.2. The fourth-order valence-electron chi connectivity index (χ4n) is 3.18. The van der Waals surface area contributed by atoms with E-state index in [0.717, 1.165) is 11.6 Å². The number of halogens is 4. The predicted molar refractivity (Wildman–Crippen MR) is 107 cm³/mol. The molecule has 2 heterocycles. The maximum Gasteiger partial charge on any atom is 0.573 e. The van der Waals surface area contributed by atoms with Crippen LogP contribution >= 0.6 is 11.6 Å². The van der Waals surface area contributed by atoms with Gasteiger partial charge in [0.2, 0.25) is 0 Å². The number of imidazole rings is 1. The van der Waals surface area contributed by atoms with Crippen LogP contribution in [0.4, 0.5) is 19.0 Å². The Morgan fingerprint density at radius 1 is 1.25 bits per heavy atom. The number of aromatic nitrogens is 2. The molecule has 3 aromatic rings. The van der Waals surface area contributed by atoms with E-state index in [4.69, 9.17) is 21.1 Å². The van der Waals surface area contributed by atoms with E-state index in [0.29, 0.717) is 17.7 Å². The van der Waals surface area contributed by atoms with Crippen LogP contribution in [0.3, 0.4) is 0 Å². The van der Waals surface area contributed by atoms with Crippen LogP contribution in [0.5, 0.6) is 11.8 Å². The van der Waals surface area contributed by atoms with Crippen molar-refractivity contribution in [3.63, 3.8) is 0 Å². The van der Waals surface area contributed by atoms with Crippen molar-refractivity contribution < 1.29 is 32.3 Å². The Kier molecular flexibility index (Phi) is 5.94. The number of alkyl halides is 3. The van der Waals surface area contributed by atoms with Crippen LogP contribution in [-0.4, -0.2) is 33.5 Å². The highest BCUT2D eigenvalue weighted by Crippen LogP contribution is 2.33. The topological polar surface area (TPSA) is 88.7 Å². The van der Waals surface area contributed by atoms with Crippen LogP contribution in [-0.2, 0) is 17.9 Å². The van der Waals surface area contributed by atoms with Gasteiger partial charge < -0.3 is 24.3 Å². The van der Waals surface area contributed by atoms with Crippen molar-refractivity contribution in [2.45, 2.75) is 25.6 Å². The second-order valence-corrected chi connectivity index (χ2v) is 7.33. The molecule has 0 N–H and O–H groups in total. The van der Waals surface area contributed by atoms with Gasteiger partial charge in [0.05, 0.1) is 18.2 Å². The van der Waals surface area contributed by atoms with Gasteiger partial charge in [0, 0.05) is 10.5 Å². The number of rotatable bonds is 6. The lowest BCUT2D eigenvalue weighted by Crippen LogP contribution is -2.32.